The zero-order valence-corrected chi connectivity index (χ0v) is 12.0. The van der Waals surface area contributed by atoms with Crippen molar-refractivity contribution < 1.29 is 0 Å². The molecule has 0 heterocycles. The Morgan fingerprint density at radius 2 is 1.50 bits per heavy atom. The van der Waals surface area contributed by atoms with Crippen molar-refractivity contribution in [2.24, 2.45) is 0 Å². The summed E-state index contributed by atoms with van der Waals surface area (Å²) in [4.78, 5) is 0. The first-order valence-electron chi connectivity index (χ1n) is 3.85. The predicted octanol–water partition coefficient (Wildman–Crippen LogP) is 5.21. The summed E-state index contributed by atoms with van der Waals surface area (Å²) in [7, 11) is 0. The van der Waals surface area contributed by atoms with Crippen LogP contribution in [0, 0.1) is 11.3 Å². The molecule has 1 rings (SSSR count). The standard InChI is InChI=1S/C9H3Cl6N/c10-8(11,12)6-2-1-5(4-16)7(3-6)9(13,14)15/h1-3H. The monoisotopic (exact) mass is 335 g/mol. The van der Waals surface area contributed by atoms with Crippen molar-refractivity contribution in [1.82, 2.24) is 0 Å². The molecule has 0 aromatic heterocycles. The first-order chi connectivity index (χ1) is 7.16. The van der Waals surface area contributed by atoms with Crippen LogP contribution >= 0.6 is 69.6 Å². The summed E-state index contributed by atoms with van der Waals surface area (Å²) in [6.45, 7) is 0. The maximum absolute atomic E-state index is 8.85. The fourth-order valence-corrected chi connectivity index (χ4v) is 1.87. The molecule has 0 bridgehead atoms. The highest BCUT2D eigenvalue weighted by Crippen LogP contribution is 2.44. The van der Waals surface area contributed by atoms with Gasteiger partial charge in [0.05, 0.1) is 11.6 Å². The molecule has 86 valence electrons. The fraction of sp³-hybridized carbons (Fsp3) is 0.222. The normalized spacial score (nSPS) is 12.3. The molecular formula is C9H3Cl6N. The van der Waals surface area contributed by atoms with Crippen LogP contribution in [0.1, 0.15) is 16.7 Å². The van der Waals surface area contributed by atoms with E-state index in [9.17, 15) is 0 Å². The zero-order chi connectivity index (χ0) is 12.6. The Hall–Kier alpha value is 0.450. The second-order valence-corrected chi connectivity index (χ2v) is 7.43. The summed E-state index contributed by atoms with van der Waals surface area (Å²) >= 11 is 34.2. The van der Waals surface area contributed by atoms with Gasteiger partial charge in [0, 0.05) is 11.1 Å². The lowest BCUT2D eigenvalue weighted by molar-refractivity contribution is 1.16. The molecule has 0 unspecified atom stereocenters. The van der Waals surface area contributed by atoms with Gasteiger partial charge in [-0.1, -0.05) is 75.7 Å². The van der Waals surface area contributed by atoms with E-state index in [2.05, 4.69) is 0 Å². The minimum absolute atomic E-state index is 0.184. The topological polar surface area (TPSA) is 23.8 Å². The van der Waals surface area contributed by atoms with Crippen molar-refractivity contribution in [2.75, 3.05) is 0 Å². The van der Waals surface area contributed by atoms with Crippen LogP contribution < -0.4 is 0 Å². The number of rotatable bonds is 0. The Bertz CT molecular complexity index is 437. The molecule has 1 aromatic carbocycles. The molecule has 0 radical (unpaired) electrons. The highest BCUT2D eigenvalue weighted by atomic mass is 35.6. The zero-order valence-electron chi connectivity index (χ0n) is 7.45. The van der Waals surface area contributed by atoms with Gasteiger partial charge < -0.3 is 0 Å². The summed E-state index contributed by atoms with van der Waals surface area (Å²) in [6.07, 6.45) is 0. The lowest BCUT2D eigenvalue weighted by atomic mass is 10.1. The van der Waals surface area contributed by atoms with Crippen LogP contribution in [0.15, 0.2) is 18.2 Å². The molecule has 7 heteroatoms. The molecule has 0 saturated heterocycles. The third kappa shape index (κ3) is 3.47. The van der Waals surface area contributed by atoms with Crippen LogP contribution in [0.4, 0.5) is 0 Å². The summed E-state index contributed by atoms with van der Waals surface area (Å²) < 4.78 is -3.37. The van der Waals surface area contributed by atoms with Crippen molar-refractivity contribution >= 4 is 69.6 Å². The number of nitrogens with zero attached hydrogens (tertiary/aromatic N) is 1. The average molecular weight is 338 g/mol. The summed E-state index contributed by atoms with van der Waals surface area (Å²) in [5.41, 5.74) is 0.736. The number of hydrogen-bond acceptors (Lipinski definition) is 1. The first-order valence-corrected chi connectivity index (χ1v) is 6.11. The molecule has 0 aliphatic heterocycles. The van der Waals surface area contributed by atoms with E-state index in [1.54, 1.807) is 0 Å². The van der Waals surface area contributed by atoms with Crippen LogP contribution in [0.25, 0.3) is 0 Å². The van der Waals surface area contributed by atoms with Gasteiger partial charge in [0.1, 0.15) is 0 Å². The molecule has 0 spiro atoms. The van der Waals surface area contributed by atoms with Crippen molar-refractivity contribution in [3.63, 3.8) is 0 Å². The Labute approximate surface area is 123 Å². The Kier molecular flexibility index (Phi) is 4.52. The van der Waals surface area contributed by atoms with E-state index in [1.165, 1.54) is 18.2 Å². The third-order valence-corrected chi connectivity index (χ3v) is 3.04. The Balaban J connectivity index is 3.41. The second kappa shape index (κ2) is 4.98. The summed E-state index contributed by atoms with van der Waals surface area (Å²) in [5, 5.41) is 8.85. The van der Waals surface area contributed by atoms with Gasteiger partial charge in [-0.05, 0) is 12.1 Å². The smallest absolute Gasteiger partial charge is 0.192 e. The minimum Gasteiger partial charge on any atom is -0.192 e. The van der Waals surface area contributed by atoms with Crippen LogP contribution in [0.3, 0.4) is 0 Å². The number of hydrogen-bond donors (Lipinski definition) is 0. The first kappa shape index (κ1) is 14.5. The summed E-state index contributed by atoms with van der Waals surface area (Å²) in [5.74, 6) is 0. The molecule has 16 heavy (non-hydrogen) atoms. The number of alkyl halides is 6. The lowest BCUT2D eigenvalue weighted by Crippen LogP contribution is -2.08. The van der Waals surface area contributed by atoms with E-state index in [0.29, 0.717) is 5.56 Å². The van der Waals surface area contributed by atoms with Crippen molar-refractivity contribution in [2.45, 2.75) is 7.59 Å². The lowest BCUT2D eigenvalue weighted by Gasteiger charge is -2.17. The van der Waals surface area contributed by atoms with Crippen molar-refractivity contribution in [3.05, 3.63) is 34.9 Å². The van der Waals surface area contributed by atoms with Crippen LogP contribution in [0.5, 0.6) is 0 Å². The molecule has 0 atom stereocenters. The quantitative estimate of drug-likeness (QED) is 0.596. The predicted molar refractivity (Wildman–Crippen MR) is 69.6 cm³/mol. The molecule has 0 aliphatic rings. The maximum atomic E-state index is 8.85. The van der Waals surface area contributed by atoms with Crippen LogP contribution in [-0.4, -0.2) is 0 Å². The molecule has 0 saturated carbocycles. The summed E-state index contributed by atoms with van der Waals surface area (Å²) in [6, 6.07) is 6.22. The van der Waals surface area contributed by atoms with E-state index in [-0.39, 0.29) is 11.1 Å². The fourth-order valence-electron chi connectivity index (χ4n) is 1.05. The molecule has 1 aromatic rings. The van der Waals surface area contributed by atoms with Gasteiger partial charge in [-0.15, -0.1) is 0 Å². The van der Waals surface area contributed by atoms with Crippen molar-refractivity contribution in [3.8, 4) is 6.07 Å². The van der Waals surface area contributed by atoms with Gasteiger partial charge in [0.15, 0.2) is 0 Å². The van der Waals surface area contributed by atoms with Gasteiger partial charge in [-0.25, -0.2) is 0 Å². The second-order valence-electron chi connectivity index (χ2n) is 2.87. The number of benzene rings is 1. The van der Waals surface area contributed by atoms with Gasteiger partial charge >= 0.3 is 0 Å². The third-order valence-electron chi connectivity index (χ3n) is 1.77. The average Bonchev–Trinajstić information content (AvgIpc) is 2.14. The van der Waals surface area contributed by atoms with Gasteiger partial charge in [-0.3, -0.25) is 0 Å². The van der Waals surface area contributed by atoms with Gasteiger partial charge in [0.2, 0.25) is 7.59 Å². The van der Waals surface area contributed by atoms with Crippen LogP contribution in [0.2, 0.25) is 0 Å². The molecule has 0 amide bonds. The Morgan fingerprint density at radius 1 is 0.938 bits per heavy atom. The van der Waals surface area contributed by atoms with E-state index >= 15 is 0 Å². The van der Waals surface area contributed by atoms with Crippen molar-refractivity contribution in [1.29, 1.82) is 5.26 Å². The molecule has 0 N–H and O–H groups in total. The number of nitriles is 1. The highest BCUT2D eigenvalue weighted by Gasteiger charge is 2.30. The highest BCUT2D eigenvalue weighted by molar-refractivity contribution is 6.67. The number of halogens is 6. The molecule has 1 nitrogen and oxygen atoms in total. The molecule has 0 aliphatic carbocycles. The largest absolute Gasteiger partial charge is 0.217 e. The van der Waals surface area contributed by atoms with E-state index < -0.39 is 7.59 Å². The van der Waals surface area contributed by atoms with Crippen LogP contribution in [-0.2, 0) is 7.59 Å². The molecule has 0 fully saturated rings. The minimum atomic E-state index is -1.74. The maximum Gasteiger partial charge on any atom is 0.217 e. The van der Waals surface area contributed by atoms with E-state index in [1.807, 2.05) is 6.07 Å². The van der Waals surface area contributed by atoms with Gasteiger partial charge in [0.25, 0.3) is 0 Å². The SMILES string of the molecule is N#Cc1ccc(C(Cl)(Cl)Cl)cc1C(Cl)(Cl)Cl. The van der Waals surface area contributed by atoms with E-state index in [4.69, 9.17) is 74.9 Å². The molecular weight excluding hydrogens is 335 g/mol. The Morgan fingerprint density at radius 3 is 1.88 bits per heavy atom. The van der Waals surface area contributed by atoms with Gasteiger partial charge in [-0.2, -0.15) is 5.26 Å². The van der Waals surface area contributed by atoms with E-state index in [0.717, 1.165) is 0 Å².